The Hall–Kier alpha value is -3.23. The normalized spacial score (nSPS) is 10.9. The van der Waals surface area contributed by atoms with Crippen molar-refractivity contribution >= 4 is 5.78 Å². The fourth-order valence-electron chi connectivity index (χ4n) is 2.28. The molecule has 2 aromatic heterocycles. The van der Waals surface area contributed by atoms with Gasteiger partial charge in [0, 0.05) is 12.5 Å². The average molecular weight is 348 g/mol. The number of halogens is 3. The fourth-order valence-corrected chi connectivity index (χ4v) is 2.28. The Balaban J connectivity index is 2.06. The van der Waals surface area contributed by atoms with Gasteiger partial charge in [-0.25, -0.2) is 13.8 Å². The van der Waals surface area contributed by atoms with Crippen LogP contribution in [0.4, 0.5) is 13.2 Å². The maximum atomic E-state index is 13.8. The predicted molar refractivity (Wildman–Crippen MR) is 81.5 cm³/mol. The molecule has 0 saturated carbocycles. The van der Waals surface area contributed by atoms with Crippen molar-refractivity contribution in [2.75, 3.05) is 0 Å². The van der Waals surface area contributed by atoms with Crippen LogP contribution in [0, 0.1) is 17.5 Å². The number of carbonyl (C=O) groups excluding carboxylic acids is 1. The summed E-state index contributed by atoms with van der Waals surface area (Å²) in [6.45, 7) is 1.07. The molecule has 0 aliphatic heterocycles. The lowest BCUT2D eigenvalue weighted by Gasteiger charge is -2.07. The first kappa shape index (κ1) is 16.6. The number of nitrogens with zero attached hydrogens (tertiary/aromatic N) is 3. The molecule has 9 heteroatoms. The van der Waals surface area contributed by atoms with Crippen LogP contribution in [0.15, 0.2) is 35.3 Å². The van der Waals surface area contributed by atoms with Crippen LogP contribution in [0.25, 0.3) is 11.5 Å². The first-order chi connectivity index (χ1) is 11.9. The second kappa shape index (κ2) is 6.34. The maximum Gasteiger partial charge on any atom is 0.287 e. The first-order valence-electron chi connectivity index (χ1n) is 7.13. The molecule has 0 amide bonds. The number of rotatable bonds is 4. The molecule has 25 heavy (non-hydrogen) atoms. The number of H-pyrrole nitrogens is 1. The Morgan fingerprint density at radius 1 is 1.24 bits per heavy atom. The first-order valence-corrected chi connectivity index (χ1v) is 7.13. The summed E-state index contributed by atoms with van der Waals surface area (Å²) in [6, 6.07) is 5.01. The minimum Gasteiger partial charge on any atom is -0.303 e. The van der Waals surface area contributed by atoms with Gasteiger partial charge in [-0.3, -0.25) is 14.3 Å². The molecule has 0 aliphatic rings. The van der Waals surface area contributed by atoms with E-state index >= 15 is 0 Å². The highest BCUT2D eigenvalue weighted by Crippen LogP contribution is 2.18. The Bertz CT molecular complexity index is 1030. The second-order valence-corrected chi connectivity index (χ2v) is 5.25. The number of aromatic nitrogens is 4. The van der Waals surface area contributed by atoms with Gasteiger partial charge in [0.05, 0.1) is 12.7 Å². The molecule has 128 valence electrons. The van der Waals surface area contributed by atoms with E-state index in [9.17, 15) is 22.8 Å². The third kappa shape index (κ3) is 3.21. The SMILES string of the molecule is CC(=O)c1cc(-c2ncc(F)c(=O)[nH]2)nn1Cc1cccc(F)c1F. The highest BCUT2D eigenvalue weighted by Gasteiger charge is 2.17. The summed E-state index contributed by atoms with van der Waals surface area (Å²) in [5.74, 6) is -3.54. The lowest BCUT2D eigenvalue weighted by Crippen LogP contribution is -2.13. The van der Waals surface area contributed by atoms with Crippen molar-refractivity contribution in [1.82, 2.24) is 19.7 Å². The number of ketones is 1. The molecule has 3 aromatic rings. The van der Waals surface area contributed by atoms with Gasteiger partial charge in [0.2, 0.25) is 5.82 Å². The van der Waals surface area contributed by atoms with Crippen molar-refractivity contribution in [3.63, 3.8) is 0 Å². The molecular formula is C16H11F3N4O2. The van der Waals surface area contributed by atoms with E-state index in [1.165, 1.54) is 29.8 Å². The van der Waals surface area contributed by atoms with E-state index in [0.29, 0.717) is 0 Å². The summed E-state index contributed by atoms with van der Waals surface area (Å²) in [6.07, 6.45) is 0.729. The smallest absolute Gasteiger partial charge is 0.287 e. The molecule has 6 nitrogen and oxygen atoms in total. The van der Waals surface area contributed by atoms with Crippen molar-refractivity contribution in [2.45, 2.75) is 13.5 Å². The molecule has 0 bridgehead atoms. The van der Waals surface area contributed by atoms with Crippen LogP contribution in [0.3, 0.4) is 0 Å². The Labute approximate surface area is 139 Å². The van der Waals surface area contributed by atoms with Crippen LogP contribution in [-0.2, 0) is 6.54 Å². The number of aromatic amines is 1. The molecule has 0 unspecified atom stereocenters. The molecule has 0 radical (unpaired) electrons. The van der Waals surface area contributed by atoms with E-state index in [0.717, 1.165) is 12.3 Å². The van der Waals surface area contributed by atoms with E-state index in [1.807, 2.05) is 0 Å². The molecule has 0 saturated heterocycles. The average Bonchev–Trinajstić information content (AvgIpc) is 2.98. The van der Waals surface area contributed by atoms with Gasteiger partial charge in [0.15, 0.2) is 23.2 Å². The Morgan fingerprint density at radius 3 is 2.68 bits per heavy atom. The molecule has 0 aliphatic carbocycles. The Kier molecular flexibility index (Phi) is 4.22. The molecule has 1 aromatic carbocycles. The molecule has 2 heterocycles. The monoisotopic (exact) mass is 348 g/mol. The third-order valence-electron chi connectivity index (χ3n) is 3.49. The van der Waals surface area contributed by atoms with E-state index < -0.39 is 23.0 Å². The minimum absolute atomic E-state index is 0.00212. The summed E-state index contributed by atoms with van der Waals surface area (Å²) >= 11 is 0. The van der Waals surface area contributed by atoms with Crippen molar-refractivity contribution in [3.8, 4) is 11.5 Å². The van der Waals surface area contributed by atoms with Crippen LogP contribution in [0.1, 0.15) is 23.0 Å². The largest absolute Gasteiger partial charge is 0.303 e. The summed E-state index contributed by atoms with van der Waals surface area (Å²) in [7, 11) is 0. The maximum absolute atomic E-state index is 13.8. The summed E-state index contributed by atoms with van der Waals surface area (Å²) < 4.78 is 41.4. The van der Waals surface area contributed by atoms with Crippen LogP contribution >= 0.6 is 0 Å². The Morgan fingerprint density at radius 2 is 2.00 bits per heavy atom. The molecular weight excluding hydrogens is 337 g/mol. The van der Waals surface area contributed by atoms with Gasteiger partial charge in [-0.2, -0.15) is 9.49 Å². The molecule has 0 spiro atoms. The summed E-state index contributed by atoms with van der Waals surface area (Å²) in [5.41, 5.74) is -0.789. The number of hydrogen-bond donors (Lipinski definition) is 1. The molecule has 3 rings (SSSR count). The highest BCUT2D eigenvalue weighted by atomic mass is 19.2. The quantitative estimate of drug-likeness (QED) is 0.734. The van der Waals surface area contributed by atoms with Crippen LogP contribution in [-0.4, -0.2) is 25.5 Å². The van der Waals surface area contributed by atoms with E-state index in [2.05, 4.69) is 15.1 Å². The van der Waals surface area contributed by atoms with Gasteiger partial charge in [0.1, 0.15) is 11.4 Å². The van der Waals surface area contributed by atoms with Crippen LogP contribution in [0.5, 0.6) is 0 Å². The lowest BCUT2D eigenvalue weighted by molar-refractivity contribution is 0.100. The minimum atomic E-state index is -1.06. The standard InChI is InChI=1S/C16H11F3N4O2/c1-8(24)13-5-12(15-20-6-11(18)16(25)21-15)22-23(13)7-9-3-2-4-10(17)14(9)19/h2-6H,7H2,1H3,(H,20,21,25). The topological polar surface area (TPSA) is 80.6 Å². The van der Waals surface area contributed by atoms with E-state index in [1.54, 1.807) is 0 Å². The van der Waals surface area contributed by atoms with Crippen molar-refractivity contribution in [2.24, 2.45) is 0 Å². The summed E-state index contributed by atoms with van der Waals surface area (Å²) in [4.78, 5) is 29.0. The van der Waals surface area contributed by atoms with Crippen molar-refractivity contribution in [1.29, 1.82) is 0 Å². The van der Waals surface area contributed by atoms with Crippen molar-refractivity contribution in [3.05, 3.63) is 69.5 Å². The van der Waals surface area contributed by atoms with Gasteiger partial charge < -0.3 is 4.98 Å². The van der Waals surface area contributed by atoms with Crippen LogP contribution < -0.4 is 5.56 Å². The third-order valence-corrected chi connectivity index (χ3v) is 3.49. The second-order valence-electron chi connectivity index (χ2n) is 5.25. The molecule has 0 fully saturated rings. The van der Waals surface area contributed by atoms with Gasteiger partial charge >= 0.3 is 0 Å². The number of benzene rings is 1. The molecule has 0 atom stereocenters. The fraction of sp³-hybridized carbons (Fsp3) is 0.125. The number of carbonyl (C=O) groups is 1. The predicted octanol–water partition coefficient (Wildman–Crippen LogP) is 2.30. The highest BCUT2D eigenvalue weighted by molar-refractivity contribution is 5.93. The molecule has 1 N–H and O–H groups in total. The van der Waals surface area contributed by atoms with Crippen molar-refractivity contribution < 1.29 is 18.0 Å². The lowest BCUT2D eigenvalue weighted by atomic mass is 10.2. The van der Waals surface area contributed by atoms with Gasteiger partial charge in [-0.1, -0.05) is 12.1 Å². The van der Waals surface area contributed by atoms with Crippen LogP contribution in [0.2, 0.25) is 0 Å². The summed E-state index contributed by atoms with van der Waals surface area (Å²) in [5, 5.41) is 4.09. The zero-order valence-electron chi connectivity index (χ0n) is 12.9. The number of hydrogen-bond acceptors (Lipinski definition) is 4. The van der Waals surface area contributed by atoms with Gasteiger partial charge in [-0.05, 0) is 12.1 Å². The number of Topliss-reactive ketones (excluding diaryl/α,β-unsaturated/α-hetero) is 1. The van der Waals surface area contributed by atoms with Gasteiger partial charge in [-0.15, -0.1) is 0 Å². The van der Waals surface area contributed by atoms with E-state index in [4.69, 9.17) is 0 Å². The number of nitrogens with one attached hydrogen (secondary N) is 1. The van der Waals surface area contributed by atoms with Gasteiger partial charge in [0.25, 0.3) is 5.56 Å². The zero-order valence-corrected chi connectivity index (χ0v) is 12.9. The zero-order chi connectivity index (χ0) is 18.1. The van der Waals surface area contributed by atoms with E-state index in [-0.39, 0.29) is 35.1 Å².